The molecule has 1 aliphatic rings. The summed E-state index contributed by atoms with van der Waals surface area (Å²) in [5.74, 6) is -0.900. The van der Waals surface area contributed by atoms with Crippen LogP contribution in [0.4, 0.5) is 4.39 Å². The fourth-order valence-electron chi connectivity index (χ4n) is 4.01. The minimum absolute atomic E-state index is 0.0230. The lowest BCUT2D eigenvalue weighted by molar-refractivity contribution is -0.127. The summed E-state index contributed by atoms with van der Waals surface area (Å²) in [6.45, 7) is 2.32. The molecule has 1 N–H and O–H groups in total. The fraction of sp³-hybridized carbons (Fsp3) is 0.269. The van der Waals surface area contributed by atoms with E-state index in [-0.39, 0.29) is 23.4 Å². The molecule has 1 saturated heterocycles. The van der Waals surface area contributed by atoms with Crippen LogP contribution in [0.2, 0.25) is 0 Å². The average Bonchev–Trinajstić information content (AvgIpc) is 2.88. The lowest BCUT2D eigenvalue weighted by atomic mass is 10.1. The van der Waals surface area contributed by atoms with E-state index in [9.17, 15) is 14.0 Å². The van der Waals surface area contributed by atoms with Crippen molar-refractivity contribution in [1.29, 1.82) is 0 Å². The van der Waals surface area contributed by atoms with E-state index in [0.29, 0.717) is 25.2 Å². The number of benzene rings is 2. The first-order chi connectivity index (χ1) is 16.5. The van der Waals surface area contributed by atoms with E-state index in [1.807, 2.05) is 18.2 Å². The molecule has 2 amide bonds. The number of para-hydroxylation sites is 1. The smallest absolute Gasteiger partial charge is 0.254 e. The zero-order valence-corrected chi connectivity index (χ0v) is 19.0. The maximum absolute atomic E-state index is 13.9. The van der Waals surface area contributed by atoms with Gasteiger partial charge in [0.25, 0.3) is 5.91 Å². The first kappa shape index (κ1) is 23.4. The number of aromatic nitrogens is 1. The van der Waals surface area contributed by atoms with Gasteiger partial charge in [-0.05, 0) is 30.2 Å². The third-order valence-electron chi connectivity index (χ3n) is 5.87. The van der Waals surface area contributed by atoms with E-state index < -0.39 is 11.9 Å². The highest BCUT2D eigenvalue weighted by atomic mass is 19.1. The molecule has 1 atom stereocenters. The first-order valence-corrected chi connectivity index (χ1v) is 11.2. The molecule has 1 aromatic heterocycles. The molecular formula is C26H27FN4O3. The number of amides is 2. The van der Waals surface area contributed by atoms with E-state index in [0.717, 1.165) is 13.0 Å². The normalized spacial score (nSPS) is 16.2. The molecule has 0 aliphatic carbocycles. The van der Waals surface area contributed by atoms with Gasteiger partial charge in [-0.1, -0.05) is 42.5 Å². The van der Waals surface area contributed by atoms with Crippen molar-refractivity contribution in [1.82, 2.24) is 20.1 Å². The summed E-state index contributed by atoms with van der Waals surface area (Å²) in [5.41, 5.74) is 1.56. The van der Waals surface area contributed by atoms with Crippen LogP contribution in [-0.4, -0.2) is 65.9 Å². The zero-order valence-electron chi connectivity index (χ0n) is 19.0. The number of carbonyl (C=O) groups excluding carboxylic acids is 2. The van der Waals surface area contributed by atoms with Crippen molar-refractivity contribution >= 4 is 11.8 Å². The number of nitrogens with zero attached hydrogens (tertiary/aromatic N) is 3. The predicted molar refractivity (Wildman–Crippen MR) is 126 cm³/mol. The number of rotatable bonds is 7. The van der Waals surface area contributed by atoms with Crippen molar-refractivity contribution < 1.29 is 18.7 Å². The van der Waals surface area contributed by atoms with Crippen LogP contribution < -0.4 is 10.1 Å². The Morgan fingerprint density at radius 2 is 1.85 bits per heavy atom. The summed E-state index contributed by atoms with van der Waals surface area (Å²) in [6, 6.07) is 18.6. The Morgan fingerprint density at radius 3 is 2.62 bits per heavy atom. The number of ether oxygens (including phenoxy) is 1. The molecule has 1 fully saturated rings. The average molecular weight is 463 g/mol. The quantitative estimate of drug-likeness (QED) is 0.584. The first-order valence-electron chi connectivity index (χ1n) is 11.2. The van der Waals surface area contributed by atoms with Crippen LogP contribution in [0.3, 0.4) is 0 Å². The van der Waals surface area contributed by atoms with Crippen LogP contribution in [-0.2, 0) is 11.2 Å². The van der Waals surface area contributed by atoms with Crippen molar-refractivity contribution in [3.8, 4) is 11.6 Å². The number of nitrogens with one attached hydrogen (secondary N) is 1. The summed E-state index contributed by atoms with van der Waals surface area (Å²) in [5, 5.41) is 2.68. The Bertz CT molecular complexity index is 1140. The van der Waals surface area contributed by atoms with Crippen LogP contribution in [0, 0.1) is 5.82 Å². The summed E-state index contributed by atoms with van der Waals surface area (Å²) in [7, 11) is 1.57. The van der Waals surface area contributed by atoms with Crippen molar-refractivity contribution in [2.75, 3.05) is 33.2 Å². The molecule has 3 aromatic rings. The number of halogens is 1. The molecule has 176 valence electrons. The van der Waals surface area contributed by atoms with Crippen molar-refractivity contribution in [2.45, 2.75) is 12.5 Å². The van der Waals surface area contributed by atoms with Gasteiger partial charge in [-0.2, -0.15) is 0 Å². The lowest BCUT2D eigenvalue weighted by Crippen LogP contribution is -2.60. The summed E-state index contributed by atoms with van der Waals surface area (Å²) in [6.07, 6.45) is 2.31. The Labute approximate surface area is 198 Å². The van der Waals surface area contributed by atoms with E-state index in [1.165, 1.54) is 30.0 Å². The Balaban J connectivity index is 1.46. The van der Waals surface area contributed by atoms with Crippen molar-refractivity contribution in [2.24, 2.45) is 0 Å². The number of pyridine rings is 1. The number of carbonyl (C=O) groups is 2. The monoisotopic (exact) mass is 462 g/mol. The minimum Gasteiger partial charge on any atom is -0.436 e. The Hall–Kier alpha value is -3.78. The third kappa shape index (κ3) is 5.58. The highest BCUT2D eigenvalue weighted by Gasteiger charge is 2.35. The van der Waals surface area contributed by atoms with Gasteiger partial charge in [0.15, 0.2) is 11.6 Å². The summed E-state index contributed by atoms with van der Waals surface area (Å²) >= 11 is 0. The van der Waals surface area contributed by atoms with Gasteiger partial charge in [-0.25, -0.2) is 9.37 Å². The molecule has 1 unspecified atom stereocenters. The van der Waals surface area contributed by atoms with Crippen molar-refractivity contribution in [3.63, 3.8) is 0 Å². The van der Waals surface area contributed by atoms with E-state index in [1.54, 1.807) is 30.1 Å². The molecule has 7 nitrogen and oxygen atoms in total. The van der Waals surface area contributed by atoms with E-state index >= 15 is 0 Å². The van der Waals surface area contributed by atoms with Gasteiger partial charge in [0.2, 0.25) is 11.8 Å². The highest BCUT2D eigenvalue weighted by molar-refractivity contribution is 5.98. The molecule has 0 saturated carbocycles. The Kier molecular flexibility index (Phi) is 7.49. The topological polar surface area (TPSA) is 74.8 Å². The standard InChI is InChI=1S/C26H27FN4O3/c1-28-25(32)22-18-30(14-12-19-7-3-2-4-8-19)15-16-31(22)26(33)20-11-13-29-24(17-20)34-23-10-6-5-9-21(23)27/h2-11,13,17,22H,12,14-16,18H2,1H3,(H,28,32). The highest BCUT2D eigenvalue weighted by Crippen LogP contribution is 2.24. The molecular weight excluding hydrogens is 435 g/mol. The zero-order chi connectivity index (χ0) is 23.9. The van der Waals surface area contributed by atoms with Gasteiger partial charge in [-0.15, -0.1) is 0 Å². The van der Waals surface area contributed by atoms with E-state index in [2.05, 4.69) is 27.3 Å². The van der Waals surface area contributed by atoms with Crippen LogP contribution in [0.5, 0.6) is 11.6 Å². The van der Waals surface area contributed by atoms with E-state index in [4.69, 9.17) is 4.74 Å². The van der Waals surface area contributed by atoms with Gasteiger partial charge in [0, 0.05) is 51.1 Å². The number of piperazine rings is 1. The maximum atomic E-state index is 13.9. The second-order valence-electron chi connectivity index (χ2n) is 8.08. The summed E-state index contributed by atoms with van der Waals surface area (Å²) < 4.78 is 19.5. The predicted octanol–water partition coefficient (Wildman–Crippen LogP) is 3.13. The number of hydrogen-bond acceptors (Lipinski definition) is 5. The number of likely N-dealkylation sites (N-methyl/N-ethyl adjacent to an activating group) is 1. The van der Waals surface area contributed by atoms with Crippen LogP contribution in [0.25, 0.3) is 0 Å². The molecule has 8 heteroatoms. The molecule has 4 rings (SSSR count). The van der Waals surface area contributed by atoms with Crippen LogP contribution >= 0.6 is 0 Å². The fourth-order valence-corrected chi connectivity index (χ4v) is 4.01. The molecule has 2 heterocycles. The van der Waals surface area contributed by atoms with Crippen LogP contribution in [0.15, 0.2) is 72.9 Å². The van der Waals surface area contributed by atoms with Crippen molar-refractivity contribution in [3.05, 3.63) is 89.9 Å². The van der Waals surface area contributed by atoms with Gasteiger partial charge >= 0.3 is 0 Å². The van der Waals surface area contributed by atoms with Gasteiger partial charge in [0.05, 0.1) is 0 Å². The van der Waals surface area contributed by atoms with Gasteiger partial charge in [-0.3, -0.25) is 14.5 Å². The molecule has 0 spiro atoms. The third-order valence-corrected chi connectivity index (χ3v) is 5.87. The molecule has 2 aromatic carbocycles. The largest absolute Gasteiger partial charge is 0.436 e. The molecule has 0 bridgehead atoms. The summed E-state index contributed by atoms with van der Waals surface area (Å²) in [4.78, 5) is 33.9. The van der Waals surface area contributed by atoms with Gasteiger partial charge < -0.3 is 15.0 Å². The number of hydrogen-bond donors (Lipinski definition) is 1. The molecule has 34 heavy (non-hydrogen) atoms. The SMILES string of the molecule is CNC(=O)C1CN(CCc2ccccc2)CCN1C(=O)c1ccnc(Oc2ccccc2F)c1. The lowest BCUT2D eigenvalue weighted by Gasteiger charge is -2.40. The minimum atomic E-state index is -0.619. The molecule has 1 aliphatic heterocycles. The van der Waals surface area contributed by atoms with Crippen LogP contribution in [0.1, 0.15) is 15.9 Å². The second-order valence-corrected chi connectivity index (χ2v) is 8.08. The maximum Gasteiger partial charge on any atom is 0.254 e. The van der Waals surface area contributed by atoms with Gasteiger partial charge in [0.1, 0.15) is 6.04 Å². The Morgan fingerprint density at radius 1 is 1.09 bits per heavy atom. The second kappa shape index (κ2) is 10.9. The molecule has 0 radical (unpaired) electrons.